The number of hydrogen-bond donors (Lipinski definition) is 1. The van der Waals surface area contributed by atoms with Crippen molar-refractivity contribution >= 4 is 5.69 Å². The third-order valence-corrected chi connectivity index (χ3v) is 5.58. The fourth-order valence-corrected chi connectivity index (χ4v) is 4.38. The van der Waals surface area contributed by atoms with Crippen LogP contribution in [0.25, 0.3) is 0 Å². The molecule has 2 atom stereocenters. The summed E-state index contributed by atoms with van der Waals surface area (Å²) in [5.41, 5.74) is 4.21. The molecule has 2 aromatic rings. The van der Waals surface area contributed by atoms with Gasteiger partial charge in [-0.3, -0.25) is 4.90 Å². The summed E-state index contributed by atoms with van der Waals surface area (Å²) in [6.45, 7) is 4.44. The molecular formula is C21H26N2O. The maximum atomic E-state index is 10.0. The predicted octanol–water partition coefficient (Wildman–Crippen LogP) is 2.93. The van der Waals surface area contributed by atoms with Crippen LogP contribution >= 0.6 is 0 Å². The molecule has 2 aliphatic rings. The number of aliphatic hydroxyl groups excluding tert-OH is 1. The van der Waals surface area contributed by atoms with Gasteiger partial charge in [0.05, 0.1) is 0 Å². The van der Waals surface area contributed by atoms with Crippen LogP contribution in [0.4, 0.5) is 5.69 Å². The third kappa shape index (κ3) is 3.06. The SMILES string of the molecule is OC[C@@H]1CN(Cc2ccccc2)CCC1N1CCc2ccccc21. The highest BCUT2D eigenvalue weighted by atomic mass is 16.3. The molecule has 4 rings (SSSR count). The van der Waals surface area contributed by atoms with Gasteiger partial charge in [0.25, 0.3) is 0 Å². The van der Waals surface area contributed by atoms with E-state index >= 15 is 0 Å². The van der Waals surface area contributed by atoms with Gasteiger partial charge in [0, 0.05) is 50.4 Å². The second kappa shape index (κ2) is 6.96. The van der Waals surface area contributed by atoms with Crippen molar-refractivity contribution in [3.63, 3.8) is 0 Å². The van der Waals surface area contributed by atoms with Gasteiger partial charge in [0.1, 0.15) is 0 Å². The number of para-hydroxylation sites is 1. The topological polar surface area (TPSA) is 26.7 Å². The molecular weight excluding hydrogens is 296 g/mol. The number of fused-ring (bicyclic) bond motifs is 1. The molecule has 1 unspecified atom stereocenters. The number of benzene rings is 2. The smallest absolute Gasteiger partial charge is 0.0491 e. The standard InChI is InChI=1S/C21H26N2O/c24-16-19-15-22(14-17-6-2-1-3-7-17)12-11-21(19)23-13-10-18-8-4-5-9-20(18)23/h1-9,19,21,24H,10-16H2/t19-,21?/m0/s1. The van der Waals surface area contributed by atoms with Crippen molar-refractivity contribution in [2.24, 2.45) is 5.92 Å². The lowest BCUT2D eigenvalue weighted by molar-refractivity contribution is 0.0963. The fourth-order valence-electron chi connectivity index (χ4n) is 4.38. The van der Waals surface area contributed by atoms with E-state index in [-0.39, 0.29) is 6.61 Å². The molecule has 1 N–H and O–H groups in total. The van der Waals surface area contributed by atoms with Crippen LogP contribution in [-0.2, 0) is 13.0 Å². The van der Waals surface area contributed by atoms with Crippen molar-refractivity contribution in [2.45, 2.75) is 25.4 Å². The summed E-state index contributed by atoms with van der Waals surface area (Å²) in [7, 11) is 0. The summed E-state index contributed by atoms with van der Waals surface area (Å²) in [4.78, 5) is 5.05. The Kier molecular flexibility index (Phi) is 4.54. The Bertz CT molecular complexity index is 673. The Hall–Kier alpha value is -1.84. The summed E-state index contributed by atoms with van der Waals surface area (Å²) < 4.78 is 0. The van der Waals surface area contributed by atoms with Gasteiger partial charge in [-0.2, -0.15) is 0 Å². The Morgan fingerprint density at radius 3 is 2.58 bits per heavy atom. The molecule has 24 heavy (non-hydrogen) atoms. The van der Waals surface area contributed by atoms with Gasteiger partial charge < -0.3 is 10.0 Å². The van der Waals surface area contributed by atoms with E-state index in [1.54, 1.807) is 0 Å². The van der Waals surface area contributed by atoms with Gasteiger partial charge in [0.15, 0.2) is 0 Å². The van der Waals surface area contributed by atoms with Gasteiger partial charge in [-0.1, -0.05) is 48.5 Å². The average Bonchev–Trinajstić information content (AvgIpc) is 3.06. The highest BCUT2D eigenvalue weighted by Crippen LogP contribution is 2.34. The number of likely N-dealkylation sites (tertiary alicyclic amines) is 1. The van der Waals surface area contributed by atoms with E-state index in [1.807, 2.05) is 0 Å². The first-order chi connectivity index (χ1) is 11.8. The van der Waals surface area contributed by atoms with Crippen molar-refractivity contribution < 1.29 is 5.11 Å². The Labute approximate surface area is 144 Å². The summed E-state index contributed by atoms with van der Waals surface area (Å²) in [6, 6.07) is 19.9. The quantitative estimate of drug-likeness (QED) is 0.937. The van der Waals surface area contributed by atoms with E-state index in [0.29, 0.717) is 12.0 Å². The highest BCUT2D eigenvalue weighted by Gasteiger charge is 2.35. The number of aliphatic hydroxyl groups is 1. The minimum atomic E-state index is 0.272. The number of piperidine rings is 1. The van der Waals surface area contributed by atoms with Crippen LogP contribution in [0.5, 0.6) is 0 Å². The lowest BCUT2D eigenvalue weighted by Crippen LogP contribution is -2.51. The molecule has 0 bridgehead atoms. The monoisotopic (exact) mass is 322 g/mol. The van der Waals surface area contributed by atoms with Crippen LogP contribution in [0, 0.1) is 5.92 Å². The summed E-state index contributed by atoms with van der Waals surface area (Å²) >= 11 is 0. The lowest BCUT2D eigenvalue weighted by atomic mass is 9.91. The zero-order chi connectivity index (χ0) is 16.4. The molecule has 0 aliphatic carbocycles. The molecule has 0 spiro atoms. The van der Waals surface area contributed by atoms with E-state index in [1.165, 1.54) is 16.8 Å². The first-order valence-electron chi connectivity index (χ1n) is 9.07. The van der Waals surface area contributed by atoms with Crippen molar-refractivity contribution in [1.82, 2.24) is 4.90 Å². The number of hydrogen-bond acceptors (Lipinski definition) is 3. The summed E-state index contributed by atoms with van der Waals surface area (Å²) in [6.07, 6.45) is 2.27. The predicted molar refractivity (Wildman–Crippen MR) is 98.2 cm³/mol. The fraction of sp³-hybridized carbons (Fsp3) is 0.429. The molecule has 3 nitrogen and oxygen atoms in total. The summed E-state index contributed by atoms with van der Waals surface area (Å²) in [5, 5.41) is 10.0. The van der Waals surface area contributed by atoms with Gasteiger partial charge in [-0.25, -0.2) is 0 Å². The molecule has 2 aromatic carbocycles. The molecule has 0 radical (unpaired) electrons. The minimum absolute atomic E-state index is 0.272. The largest absolute Gasteiger partial charge is 0.396 e. The first-order valence-corrected chi connectivity index (χ1v) is 9.07. The lowest BCUT2D eigenvalue weighted by Gasteiger charge is -2.43. The van der Waals surface area contributed by atoms with E-state index in [0.717, 1.165) is 39.0 Å². The van der Waals surface area contributed by atoms with Crippen LogP contribution in [0.2, 0.25) is 0 Å². The molecule has 1 fully saturated rings. The maximum absolute atomic E-state index is 10.0. The van der Waals surface area contributed by atoms with Gasteiger partial charge in [-0.15, -0.1) is 0 Å². The number of rotatable bonds is 4. The van der Waals surface area contributed by atoms with Gasteiger partial charge >= 0.3 is 0 Å². The molecule has 3 heteroatoms. The molecule has 2 aliphatic heterocycles. The van der Waals surface area contributed by atoms with Crippen LogP contribution in [0.1, 0.15) is 17.5 Å². The molecule has 1 saturated heterocycles. The van der Waals surface area contributed by atoms with Gasteiger partial charge in [0.2, 0.25) is 0 Å². The van der Waals surface area contributed by atoms with Crippen LogP contribution in [0.3, 0.4) is 0 Å². The second-order valence-corrected chi connectivity index (χ2v) is 7.09. The first kappa shape index (κ1) is 15.7. The van der Waals surface area contributed by atoms with E-state index < -0.39 is 0 Å². The minimum Gasteiger partial charge on any atom is -0.396 e. The Morgan fingerprint density at radius 1 is 0.958 bits per heavy atom. The molecule has 0 aromatic heterocycles. The van der Waals surface area contributed by atoms with Crippen LogP contribution in [-0.4, -0.2) is 42.3 Å². The summed E-state index contributed by atoms with van der Waals surface area (Å²) in [5.74, 6) is 0.327. The van der Waals surface area contributed by atoms with Crippen molar-refractivity contribution in [2.75, 3.05) is 31.1 Å². The van der Waals surface area contributed by atoms with E-state index in [2.05, 4.69) is 64.4 Å². The second-order valence-electron chi connectivity index (χ2n) is 7.09. The molecule has 126 valence electrons. The number of anilines is 1. The van der Waals surface area contributed by atoms with Crippen LogP contribution < -0.4 is 4.90 Å². The zero-order valence-electron chi connectivity index (χ0n) is 14.1. The maximum Gasteiger partial charge on any atom is 0.0491 e. The molecule has 2 heterocycles. The number of nitrogens with zero attached hydrogens (tertiary/aromatic N) is 2. The Morgan fingerprint density at radius 2 is 1.75 bits per heavy atom. The Balaban J connectivity index is 1.46. The highest BCUT2D eigenvalue weighted by molar-refractivity contribution is 5.58. The van der Waals surface area contributed by atoms with Crippen molar-refractivity contribution in [3.05, 3.63) is 65.7 Å². The van der Waals surface area contributed by atoms with E-state index in [9.17, 15) is 5.11 Å². The third-order valence-electron chi connectivity index (χ3n) is 5.58. The normalized spacial score (nSPS) is 24.1. The molecule has 0 amide bonds. The van der Waals surface area contributed by atoms with Gasteiger partial charge in [-0.05, 0) is 30.0 Å². The molecule has 0 saturated carbocycles. The van der Waals surface area contributed by atoms with Crippen molar-refractivity contribution in [3.8, 4) is 0 Å². The van der Waals surface area contributed by atoms with Crippen LogP contribution in [0.15, 0.2) is 54.6 Å². The zero-order valence-corrected chi connectivity index (χ0v) is 14.1. The van der Waals surface area contributed by atoms with Crippen molar-refractivity contribution in [1.29, 1.82) is 0 Å². The van der Waals surface area contributed by atoms with E-state index in [4.69, 9.17) is 0 Å². The average molecular weight is 322 g/mol.